The van der Waals surface area contributed by atoms with Crippen molar-refractivity contribution in [1.82, 2.24) is 5.32 Å². The van der Waals surface area contributed by atoms with Crippen LogP contribution in [0.2, 0.25) is 0 Å². The number of aromatic hydroxyl groups is 1. The normalized spacial score (nSPS) is 29.2. The minimum absolute atomic E-state index is 0.232. The maximum atomic E-state index is 13.6. The number of benzene rings is 3. The lowest BCUT2D eigenvalue weighted by atomic mass is 9.16. The van der Waals surface area contributed by atoms with Crippen molar-refractivity contribution in [1.29, 1.82) is 0 Å². The van der Waals surface area contributed by atoms with Gasteiger partial charge in [-0.25, -0.2) is 4.79 Å². The topological polar surface area (TPSA) is 102 Å². The van der Waals surface area contributed by atoms with Crippen molar-refractivity contribution in [3.05, 3.63) is 95.1 Å². The summed E-state index contributed by atoms with van der Waals surface area (Å²) in [7, 11) is 0. The molecule has 0 saturated heterocycles. The highest BCUT2D eigenvalue weighted by Crippen LogP contribution is 2.90. The van der Waals surface area contributed by atoms with E-state index in [0.717, 1.165) is 53.7 Å². The first-order valence-electron chi connectivity index (χ1n) is 14.6. The van der Waals surface area contributed by atoms with Gasteiger partial charge < -0.3 is 20.9 Å². The van der Waals surface area contributed by atoms with E-state index in [1.807, 2.05) is 48.5 Å². The van der Waals surface area contributed by atoms with Gasteiger partial charge in [-0.15, -0.1) is 0 Å². The Balaban J connectivity index is 1.05. The summed E-state index contributed by atoms with van der Waals surface area (Å²) in [5.74, 6) is 1.87. The lowest BCUT2D eigenvalue weighted by Crippen LogP contribution is -2.89. The molecule has 1 amide bonds. The molecule has 4 fully saturated rings. The van der Waals surface area contributed by atoms with Crippen LogP contribution < -0.4 is 11.1 Å². The van der Waals surface area contributed by atoms with E-state index in [-0.39, 0.29) is 28.6 Å². The molecular weight excluding hydrogens is 500 g/mol. The Hall–Kier alpha value is -3.80. The number of amides is 1. The monoisotopic (exact) mass is 536 g/mol. The minimum Gasteiger partial charge on any atom is -0.508 e. The van der Waals surface area contributed by atoms with Gasteiger partial charge in [-0.3, -0.25) is 4.79 Å². The summed E-state index contributed by atoms with van der Waals surface area (Å²) >= 11 is 0. The number of esters is 1. The van der Waals surface area contributed by atoms with E-state index in [1.54, 1.807) is 24.3 Å². The first-order valence-corrected chi connectivity index (χ1v) is 14.6. The molecule has 4 N–H and O–H groups in total. The second kappa shape index (κ2) is 9.39. The lowest BCUT2D eigenvalue weighted by Gasteiger charge is -2.89. The number of carbonyl (C=O) groups is 2. The number of rotatable bonds is 10. The third-order valence-electron chi connectivity index (χ3n) is 10.6. The van der Waals surface area contributed by atoms with Crippen molar-refractivity contribution < 1.29 is 19.4 Å². The highest BCUT2D eigenvalue weighted by Gasteiger charge is 2.89. The minimum atomic E-state index is -0.715. The predicted octanol–water partition coefficient (Wildman–Crippen LogP) is 5.22. The number of aryl methyl sites for hydroxylation is 3. The molecule has 6 heteroatoms. The molecule has 6 nitrogen and oxygen atoms in total. The molecule has 3 unspecified atom stereocenters. The van der Waals surface area contributed by atoms with Crippen LogP contribution in [0.15, 0.2) is 72.8 Å². The highest BCUT2D eigenvalue weighted by atomic mass is 16.6. The van der Waals surface area contributed by atoms with Crippen molar-refractivity contribution in [2.45, 2.75) is 63.0 Å². The number of hydrogen-bond acceptors (Lipinski definition) is 5. The second-order valence-electron chi connectivity index (χ2n) is 12.4. The first kappa shape index (κ1) is 25.2. The van der Waals surface area contributed by atoms with Gasteiger partial charge in [0.05, 0.1) is 0 Å². The van der Waals surface area contributed by atoms with E-state index in [0.29, 0.717) is 30.5 Å². The Kier molecular flexibility index (Phi) is 5.92. The van der Waals surface area contributed by atoms with Crippen LogP contribution in [0.3, 0.4) is 0 Å². The third kappa shape index (κ3) is 3.83. The van der Waals surface area contributed by atoms with Crippen LogP contribution in [-0.2, 0) is 28.8 Å². The molecule has 3 aromatic carbocycles. The predicted molar refractivity (Wildman–Crippen MR) is 153 cm³/mol. The number of nitrogens with two attached hydrogens (primary N) is 1. The standard InChI is InChI=1S/C34H36N2O4/c35-29-14-11-24(16-23(29)10-6-22-7-12-28(37)13-8-22)31(38)36-30(15-9-21-4-2-1-3-5-21)32(39)40-33-19-26-17-25-18-27(20-33)34(25,26)33/h1-5,7-8,11-14,16,25-27,30,37H,6,9-10,15,17-20,35H2,(H,36,38). The fourth-order valence-corrected chi connectivity index (χ4v) is 8.62. The lowest BCUT2D eigenvalue weighted by molar-refractivity contribution is -0.449. The van der Waals surface area contributed by atoms with Gasteiger partial charge in [0.2, 0.25) is 0 Å². The molecule has 3 atom stereocenters. The molecule has 4 aliphatic carbocycles. The van der Waals surface area contributed by atoms with Crippen LogP contribution in [0.1, 0.15) is 59.2 Å². The molecule has 4 saturated carbocycles. The van der Waals surface area contributed by atoms with Crippen LogP contribution in [-0.4, -0.2) is 28.6 Å². The van der Waals surface area contributed by atoms with E-state index in [1.165, 1.54) is 12.8 Å². The molecule has 206 valence electrons. The molecule has 0 heterocycles. The van der Waals surface area contributed by atoms with Gasteiger partial charge in [-0.1, -0.05) is 42.5 Å². The molecule has 7 rings (SSSR count). The second-order valence-corrected chi connectivity index (χ2v) is 12.4. The van der Waals surface area contributed by atoms with Gasteiger partial charge in [-0.2, -0.15) is 0 Å². The summed E-state index contributed by atoms with van der Waals surface area (Å²) in [5.41, 5.74) is 10.4. The van der Waals surface area contributed by atoms with Gasteiger partial charge in [0.1, 0.15) is 17.4 Å². The smallest absolute Gasteiger partial charge is 0.329 e. The quantitative estimate of drug-likeness (QED) is 0.244. The van der Waals surface area contributed by atoms with Gasteiger partial charge in [-0.05, 0) is 116 Å². The molecule has 4 aliphatic rings. The molecule has 0 aliphatic heterocycles. The number of hydrogen-bond donors (Lipinski definition) is 3. The van der Waals surface area contributed by atoms with E-state index < -0.39 is 6.04 Å². The maximum Gasteiger partial charge on any atom is 0.329 e. The van der Waals surface area contributed by atoms with E-state index in [4.69, 9.17) is 10.5 Å². The molecular formula is C34H36N2O4. The molecule has 0 aromatic heterocycles. The van der Waals surface area contributed by atoms with E-state index in [9.17, 15) is 14.7 Å². The summed E-state index contributed by atoms with van der Waals surface area (Å²) in [5, 5.41) is 12.6. The number of nitrogens with one attached hydrogen (secondary N) is 1. The van der Waals surface area contributed by atoms with Gasteiger partial charge in [0.15, 0.2) is 0 Å². The zero-order valence-corrected chi connectivity index (χ0v) is 22.6. The zero-order valence-electron chi connectivity index (χ0n) is 22.6. The summed E-state index contributed by atoms with van der Waals surface area (Å²) in [6.45, 7) is 0. The van der Waals surface area contributed by atoms with Crippen LogP contribution in [0.25, 0.3) is 0 Å². The Morgan fingerprint density at radius 3 is 2.27 bits per heavy atom. The molecule has 3 aromatic rings. The Bertz CT molecular complexity index is 1430. The van der Waals surface area contributed by atoms with Gasteiger partial charge in [0, 0.05) is 16.7 Å². The summed E-state index contributed by atoms with van der Waals surface area (Å²) in [6.07, 6.45) is 7.14. The fourth-order valence-electron chi connectivity index (χ4n) is 8.62. The highest BCUT2D eigenvalue weighted by molar-refractivity contribution is 5.97. The third-order valence-corrected chi connectivity index (χ3v) is 10.6. The van der Waals surface area contributed by atoms with E-state index >= 15 is 0 Å². The SMILES string of the molecule is Nc1ccc(C(=O)NC(CCc2ccccc2)C(=O)OC23CC4CC5CC(C2)C543)cc1CCc1ccc(O)cc1. The number of nitrogen functional groups attached to an aromatic ring is 1. The molecule has 1 spiro atoms. The fraction of sp³-hybridized carbons (Fsp3) is 0.412. The molecule has 0 bridgehead atoms. The molecule has 0 radical (unpaired) electrons. The van der Waals surface area contributed by atoms with Crippen LogP contribution in [0.5, 0.6) is 5.75 Å². The first-order chi connectivity index (χ1) is 19.4. The summed E-state index contributed by atoms with van der Waals surface area (Å²) in [6, 6.07) is 21.7. The average Bonchev–Trinajstić information content (AvgIpc) is 2.92. The van der Waals surface area contributed by atoms with E-state index in [2.05, 4.69) is 5.32 Å². The van der Waals surface area contributed by atoms with Gasteiger partial charge in [0.25, 0.3) is 5.91 Å². The Labute approximate surface area is 234 Å². The zero-order chi connectivity index (χ0) is 27.5. The van der Waals surface area contributed by atoms with Crippen LogP contribution >= 0.6 is 0 Å². The van der Waals surface area contributed by atoms with Crippen molar-refractivity contribution >= 4 is 17.6 Å². The Morgan fingerprint density at radius 1 is 0.900 bits per heavy atom. The van der Waals surface area contributed by atoms with Crippen molar-refractivity contribution in [3.8, 4) is 5.75 Å². The number of phenols is 1. The number of carbonyl (C=O) groups excluding carboxylic acids is 2. The number of phenolic OH excluding ortho intramolecular Hbond substituents is 1. The average molecular weight is 537 g/mol. The number of ether oxygens (including phenoxy) is 1. The summed E-state index contributed by atoms with van der Waals surface area (Å²) < 4.78 is 6.33. The Morgan fingerprint density at radius 2 is 1.60 bits per heavy atom. The van der Waals surface area contributed by atoms with Crippen molar-refractivity contribution in [2.24, 2.45) is 23.2 Å². The van der Waals surface area contributed by atoms with Crippen LogP contribution in [0, 0.1) is 23.2 Å². The number of anilines is 1. The van der Waals surface area contributed by atoms with Crippen LogP contribution in [0.4, 0.5) is 5.69 Å². The molecule has 40 heavy (non-hydrogen) atoms. The maximum absolute atomic E-state index is 13.6. The van der Waals surface area contributed by atoms with Crippen molar-refractivity contribution in [3.63, 3.8) is 0 Å². The largest absolute Gasteiger partial charge is 0.508 e. The van der Waals surface area contributed by atoms with Gasteiger partial charge >= 0.3 is 5.97 Å². The summed E-state index contributed by atoms with van der Waals surface area (Å²) in [4.78, 5) is 27.1. The van der Waals surface area contributed by atoms with Crippen molar-refractivity contribution in [2.75, 3.05) is 5.73 Å².